The van der Waals surface area contributed by atoms with E-state index in [0.717, 1.165) is 6.16 Å². The smallest absolute Gasteiger partial charge is 0.137 e. The van der Waals surface area contributed by atoms with E-state index in [0.29, 0.717) is 0 Å². The topological polar surface area (TPSA) is 63.1 Å². The Labute approximate surface area is 82.6 Å². The summed E-state index contributed by atoms with van der Waals surface area (Å²) in [6, 6.07) is 0. The second-order valence-corrected chi connectivity index (χ2v) is 13.4. The van der Waals surface area contributed by atoms with E-state index in [1.54, 1.807) is 0 Å². The van der Waals surface area contributed by atoms with Crippen LogP contribution in [0.15, 0.2) is 13.5 Å². The molecule has 0 amide bonds. The predicted molar refractivity (Wildman–Crippen MR) is 66.5 cm³/mol. The lowest BCUT2D eigenvalue weighted by molar-refractivity contribution is 1.43. The van der Waals surface area contributed by atoms with Gasteiger partial charge in [-0.2, -0.15) is 0 Å². The van der Waals surface area contributed by atoms with Gasteiger partial charge in [-0.3, -0.25) is 5.50 Å². The van der Waals surface area contributed by atoms with Crippen molar-refractivity contribution in [2.75, 3.05) is 32.8 Å². The van der Waals surface area contributed by atoms with Crippen molar-refractivity contribution in [3.63, 3.8) is 0 Å². The zero-order valence-electron chi connectivity index (χ0n) is 9.89. The van der Waals surface area contributed by atoms with Crippen LogP contribution in [0.3, 0.4) is 0 Å². The van der Waals surface area contributed by atoms with Crippen LogP contribution in [0.4, 0.5) is 0 Å². The lowest BCUT2D eigenvalue weighted by atomic mass is 11.0. The summed E-state index contributed by atoms with van der Waals surface area (Å²) in [6.07, 6.45) is 0.989. The van der Waals surface area contributed by atoms with Gasteiger partial charge >= 0.3 is 0 Å². The maximum atomic E-state index is 7.33. The minimum absolute atomic E-state index is 0.989. The first-order valence-electron chi connectivity index (χ1n) is 4.74. The summed E-state index contributed by atoms with van der Waals surface area (Å²) in [5.74, 6) is 0. The van der Waals surface area contributed by atoms with Gasteiger partial charge in [0.2, 0.25) is 0 Å². The molecule has 0 aliphatic carbocycles. The van der Waals surface area contributed by atoms with Gasteiger partial charge in [0.05, 0.1) is 14.4 Å². The van der Waals surface area contributed by atoms with E-state index in [1.165, 1.54) is 0 Å². The van der Waals surface area contributed by atoms with Gasteiger partial charge < -0.3 is 0 Å². The molecule has 0 spiro atoms. The van der Waals surface area contributed by atoms with Crippen LogP contribution in [0.1, 0.15) is 6.92 Å². The van der Waals surface area contributed by atoms with Crippen LogP contribution in [-0.4, -0.2) is 32.8 Å². The summed E-state index contributed by atoms with van der Waals surface area (Å²) < 4.78 is 21.5. The lowest BCUT2D eigenvalue weighted by Crippen LogP contribution is -1.94. The van der Waals surface area contributed by atoms with Gasteiger partial charge in [0, 0.05) is 6.66 Å². The first kappa shape index (κ1) is 10.2. The van der Waals surface area contributed by atoms with Gasteiger partial charge in [-0.15, -0.1) is 0 Å². The van der Waals surface area contributed by atoms with Gasteiger partial charge in [0.25, 0.3) is 0 Å². The average molecular weight is 242 g/mol. The molecule has 2 unspecified atom stereocenters. The molecule has 0 radical (unpaired) electrons. The fraction of sp³-hybridized carbons (Fsp3) is 1.00. The number of nitrogens with two attached hydrogens (primary N) is 1. The summed E-state index contributed by atoms with van der Waals surface area (Å²) in [5, 5.41) is 0. The minimum atomic E-state index is -1.93. The van der Waals surface area contributed by atoms with E-state index >= 15 is 0 Å². The van der Waals surface area contributed by atoms with Gasteiger partial charge in [-0.05, 0) is 26.2 Å². The number of rotatable bonds is 2. The van der Waals surface area contributed by atoms with Crippen LogP contribution in [0, 0.1) is 0 Å². The largest absolute Gasteiger partial charge is 0.280 e. The fourth-order valence-electron chi connectivity index (χ4n) is 1.45. The molecule has 7 heteroatoms. The van der Waals surface area contributed by atoms with Crippen molar-refractivity contribution in [3.8, 4) is 0 Å². The Morgan fingerprint density at radius 3 is 2.23 bits per heavy atom. The fourth-order valence-corrected chi connectivity index (χ4v) is 14.0. The Balaban J connectivity index is 3.44. The molecule has 0 aromatic carbocycles. The molecule has 1 rings (SSSR count). The molecule has 78 valence electrons. The normalized spacial score (nSPS) is 43.9. The molecule has 2 atom stereocenters. The number of nitrogens with zero attached hydrogens (tertiary/aromatic N) is 3. The summed E-state index contributed by atoms with van der Waals surface area (Å²) >= 11 is 0. The summed E-state index contributed by atoms with van der Waals surface area (Å²) in [7, 11) is -5.00. The second-order valence-electron chi connectivity index (χ2n) is 3.92. The summed E-state index contributed by atoms with van der Waals surface area (Å²) in [4.78, 5) is 0. The van der Waals surface area contributed by atoms with Crippen molar-refractivity contribution in [2.45, 2.75) is 6.92 Å². The number of hydrogen-bond acceptors (Lipinski definition) is 4. The molecule has 0 aromatic rings. The predicted octanol–water partition coefficient (Wildman–Crippen LogP) is 3.76. The molecule has 0 bridgehead atoms. The molecule has 0 saturated carbocycles. The van der Waals surface area contributed by atoms with Crippen LogP contribution in [-0.2, 0) is 0 Å². The highest BCUT2D eigenvalue weighted by atomic mass is 31.3. The molecule has 0 aromatic heterocycles. The highest BCUT2D eigenvalue weighted by Gasteiger charge is 2.22. The first-order chi connectivity index (χ1) is 6.24. The van der Waals surface area contributed by atoms with Crippen LogP contribution < -0.4 is 5.50 Å². The monoisotopic (exact) mass is 242 g/mol. The number of hydrogen-bond donors (Lipinski definition) is 1. The van der Waals surface area contributed by atoms with Gasteiger partial charge in [0.15, 0.2) is 0 Å². The van der Waals surface area contributed by atoms with Crippen LogP contribution in [0.5, 0.6) is 0 Å². The van der Waals surface area contributed by atoms with Gasteiger partial charge in [-0.25, -0.2) is 13.5 Å². The highest BCUT2D eigenvalue weighted by molar-refractivity contribution is 7.85. The standard InChI is InChI=1S/C6H19N4P3/c1-6-12(4)8-11(2,3)9-13(5,7)10-12/h6-7H2,1-5H3/i/hT. The van der Waals surface area contributed by atoms with E-state index in [4.69, 9.17) is 10.4 Å². The molecular weight excluding hydrogens is 221 g/mol. The molecule has 0 fully saturated rings. The third-order valence-corrected chi connectivity index (χ3v) is 12.3. The molecule has 4 nitrogen and oxygen atoms in total. The Bertz CT molecular complexity index is 384. The maximum Gasteiger partial charge on any atom is 0.137 e. The molecule has 0 saturated heterocycles. The van der Waals surface area contributed by atoms with Gasteiger partial charge in [0.1, 0.15) is 8.77 Å². The third kappa shape index (κ3) is 3.06. The quantitative estimate of drug-likeness (QED) is 0.736. The third-order valence-electron chi connectivity index (χ3n) is 1.77. The van der Waals surface area contributed by atoms with E-state index in [2.05, 4.69) is 36.9 Å². The van der Waals surface area contributed by atoms with Gasteiger partial charge in [-0.1, -0.05) is 6.92 Å². The highest BCUT2D eigenvalue weighted by Crippen LogP contribution is 2.71. The van der Waals surface area contributed by atoms with E-state index < -0.39 is 21.8 Å². The van der Waals surface area contributed by atoms with E-state index in [1.807, 2.05) is 6.66 Å². The Hall–Kier alpha value is 0.650. The summed E-state index contributed by atoms with van der Waals surface area (Å²) in [6.45, 7) is 10.4. The minimum Gasteiger partial charge on any atom is -0.280 e. The molecule has 13 heavy (non-hydrogen) atoms. The van der Waals surface area contributed by atoms with E-state index in [9.17, 15) is 0 Å². The lowest BCUT2D eigenvalue weighted by Gasteiger charge is -2.27. The molecular formula is C6H19N4P3. The zero-order chi connectivity index (χ0) is 11.0. The first-order valence-corrected chi connectivity index (χ1v) is 11.3. The molecule has 1 aliphatic rings. The van der Waals surface area contributed by atoms with Crippen LogP contribution in [0.2, 0.25) is 1.41 Å². The van der Waals surface area contributed by atoms with E-state index in [-0.39, 0.29) is 0 Å². The Morgan fingerprint density at radius 1 is 1.15 bits per heavy atom. The van der Waals surface area contributed by atoms with Crippen molar-refractivity contribution < 1.29 is 1.41 Å². The average Bonchev–Trinajstić information content (AvgIpc) is 2.00. The van der Waals surface area contributed by atoms with Crippen molar-refractivity contribution in [1.29, 1.82) is 0 Å². The van der Waals surface area contributed by atoms with Crippen LogP contribution >= 0.6 is 21.8 Å². The second kappa shape index (κ2) is 3.35. The van der Waals surface area contributed by atoms with Crippen molar-refractivity contribution in [2.24, 2.45) is 19.0 Å². The SMILES string of the molecule is [3H]NP1(C)=NP(C)(CC)=NP(C)(C)=N1. The maximum absolute atomic E-state index is 7.33. The van der Waals surface area contributed by atoms with Crippen molar-refractivity contribution in [1.82, 2.24) is 0 Å². The molecule has 1 heterocycles. The van der Waals surface area contributed by atoms with Crippen molar-refractivity contribution >= 4 is 21.8 Å². The Morgan fingerprint density at radius 2 is 1.77 bits per heavy atom. The zero-order valence-corrected chi connectivity index (χ0v) is 11.6. The molecule has 2 N–H and O–H groups in total. The summed E-state index contributed by atoms with van der Waals surface area (Å²) in [5.41, 5.74) is 2.55. The molecule has 1 aliphatic heterocycles. The Kier molecular flexibility index (Phi) is 2.62. The van der Waals surface area contributed by atoms with Crippen LogP contribution in [0.25, 0.3) is 0 Å². The van der Waals surface area contributed by atoms with Crippen molar-refractivity contribution in [3.05, 3.63) is 0 Å².